The van der Waals surface area contributed by atoms with Crippen molar-refractivity contribution >= 4 is 0 Å². The largest absolute Gasteiger partial charge is 0.311 e. The Morgan fingerprint density at radius 3 is 3.20 bits per heavy atom. The number of rotatable bonds is 2. The second-order valence-electron chi connectivity index (χ2n) is 1.91. The van der Waals surface area contributed by atoms with Crippen molar-refractivity contribution in [3.05, 3.63) is 47.4 Å². The lowest BCUT2D eigenvalue weighted by Crippen LogP contribution is -2.16. The second-order valence-corrected chi connectivity index (χ2v) is 1.91. The van der Waals surface area contributed by atoms with E-state index in [0.29, 0.717) is 6.54 Å². The molecule has 1 heterocycles. The van der Waals surface area contributed by atoms with E-state index in [0.717, 1.165) is 0 Å². The summed E-state index contributed by atoms with van der Waals surface area (Å²) in [4.78, 5) is 10.9. The predicted octanol–water partition coefficient (Wildman–Crippen LogP) is 0.834. The maximum Gasteiger partial charge on any atom is 0.250 e. The molecular weight excluding hydrogens is 126 g/mol. The maximum atomic E-state index is 10.9. The van der Waals surface area contributed by atoms with Crippen LogP contribution in [-0.4, -0.2) is 4.57 Å². The zero-order valence-corrected chi connectivity index (χ0v) is 5.58. The first-order chi connectivity index (χ1) is 4.84. The molecule has 1 rings (SSSR count). The topological polar surface area (TPSA) is 22.0 Å². The lowest BCUT2D eigenvalue weighted by molar-refractivity contribution is 0.779. The van der Waals surface area contributed by atoms with Crippen LogP contribution < -0.4 is 5.56 Å². The summed E-state index contributed by atoms with van der Waals surface area (Å²) in [6, 6.07) is 5.88. The minimum Gasteiger partial charge on any atom is -0.311 e. The van der Waals surface area contributed by atoms with Gasteiger partial charge in [0.15, 0.2) is 0 Å². The van der Waals surface area contributed by atoms with Crippen LogP contribution in [0.15, 0.2) is 35.8 Å². The molecule has 0 unspecified atom stereocenters. The van der Waals surface area contributed by atoms with Crippen LogP contribution in [0.4, 0.5) is 0 Å². The zero-order valence-electron chi connectivity index (χ0n) is 5.58. The van der Waals surface area contributed by atoms with Crippen LogP contribution in [0.1, 0.15) is 0 Å². The van der Waals surface area contributed by atoms with Gasteiger partial charge in [-0.05, 0) is 12.1 Å². The fourth-order valence-electron chi connectivity index (χ4n) is 0.694. The van der Waals surface area contributed by atoms with Crippen LogP contribution >= 0.6 is 0 Å². The van der Waals surface area contributed by atoms with Gasteiger partial charge in [0.25, 0.3) is 5.56 Å². The van der Waals surface area contributed by atoms with Crippen molar-refractivity contribution in [1.82, 2.24) is 4.57 Å². The smallest absolute Gasteiger partial charge is 0.250 e. The molecule has 1 aromatic heterocycles. The zero-order chi connectivity index (χ0) is 7.40. The molecule has 0 spiro atoms. The maximum absolute atomic E-state index is 10.9. The summed E-state index contributed by atoms with van der Waals surface area (Å²) in [6.45, 7) is 4.08. The van der Waals surface area contributed by atoms with Gasteiger partial charge in [-0.1, -0.05) is 6.08 Å². The van der Waals surface area contributed by atoms with Crippen LogP contribution in [0.3, 0.4) is 0 Å². The summed E-state index contributed by atoms with van der Waals surface area (Å²) >= 11 is 0. The lowest BCUT2D eigenvalue weighted by Gasteiger charge is -1.96. The van der Waals surface area contributed by atoms with E-state index in [1.54, 1.807) is 18.3 Å². The summed E-state index contributed by atoms with van der Waals surface area (Å²) in [5.41, 5.74) is -0.0151. The minimum absolute atomic E-state index is 0.0151. The minimum atomic E-state index is -0.0151. The Bertz CT molecular complexity index is 275. The van der Waals surface area contributed by atoms with Crippen LogP contribution in [-0.2, 0) is 6.54 Å². The Morgan fingerprint density at radius 2 is 2.60 bits per heavy atom. The Balaban J connectivity index is 3.03. The van der Waals surface area contributed by atoms with E-state index in [1.807, 2.05) is 0 Å². The average Bonchev–Trinajstić information content (AvgIpc) is 1.94. The van der Waals surface area contributed by atoms with Crippen molar-refractivity contribution in [2.45, 2.75) is 6.54 Å². The molecule has 0 fully saturated rings. The fourth-order valence-corrected chi connectivity index (χ4v) is 0.694. The van der Waals surface area contributed by atoms with Crippen molar-refractivity contribution in [2.75, 3.05) is 0 Å². The first-order valence-electron chi connectivity index (χ1n) is 3.02. The van der Waals surface area contributed by atoms with Crippen LogP contribution in [0.25, 0.3) is 0 Å². The molecular formula is C8H8NO. The number of nitrogens with zero attached hydrogens (tertiary/aromatic N) is 1. The van der Waals surface area contributed by atoms with Gasteiger partial charge in [-0.25, -0.2) is 0 Å². The van der Waals surface area contributed by atoms with Crippen molar-refractivity contribution in [3.63, 3.8) is 0 Å². The van der Waals surface area contributed by atoms with Crippen molar-refractivity contribution < 1.29 is 0 Å². The molecule has 0 saturated carbocycles. The SMILES string of the molecule is C=CCn1c[c]ccc1=O. The van der Waals surface area contributed by atoms with Gasteiger partial charge in [-0.15, -0.1) is 6.58 Å². The van der Waals surface area contributed by atoms with Gasteiger partial charge >= 0.3 is 0 Å². The third kappa shape index (κ3) is 1.35. The summed E-state index contributed by atoms with van der Waals surface area (Å²) in [7, 11) is 0. The molecule has 0 aromatic carbocycles. The summed E-state index contributed by atoms with van der Waals surface area (Å²) in [5, 5.41) is 0. The molecule has 2 nitrogen and oxygen atoms in total. The predicted molar refractivity (Wildman–Crippen MR) is 39.7 cm³/mol. The van der Waals surface area contributed by atoms with E-state index in [4.69, 9.17) is 0 Å². The molecule has 0 atom stereocenters. The van der Waals surface area contributed by atoms with Crippen molar-refractivity contribution in [3.8, 4) is 0 Å². The van der Waals surface area contributed by atoms with E-state index in [2.05, 4.69) is 12.6 Å². The normalized spacial score (nSPS) is 9.20. The molecule has 0 saturated heterocycles. The molecule has 10 heavy (non-hydrogen) atoms. The third-order valence-electron chi connectivity index (χ3n) is 1.16. The number of allylic oxidation sites excluding steroid dienone is 1. The molecule has 0 aliphatic heterocycles. The average molecular weight is 134 g/mol. The molecule has 0 aliphatic rings. The van der Waals surface area contributed by atoms with Gasteiger partial charge < -0.3 is 4.57 Å². The van der Waals surface area contributed by atoms with E-state index in [1.165, 1.54) is 10.6 Å². The first kappa shape index (κ1) is 6.81. The Morgan fingerprint density at radius 1 is 1.80 bits per heavy atom. The monoisotopic (exact) mass is 134 g/mol. The van der Waals surface area contributed by atoms with Crippen LogP contribution in [0.2, 0.25) is 0 Å². The molecule has 0 N–H and O–H groups in total. The summed E-state index contributed by atoms with van der Waals surface area (Å²) < 4.78 is 1.53. The van der Waals surface area contributed by atoms with E-state index in [-0.39, 0.29) is 5.56 Å². The standard InChI is InChI=1S/C8H8NO/c1-2-6-9-7-4-3-5-8(9)10/h2-3,5,7H,1,6H2. The van der Waals surface area contributed by atoms with E-state index >= 15 is 0 Å². The van der Waals surface area contributed by atoms with Crippen LogP contribution in [0.5, 0.6) is 0 Å². The molecule has 0 amide bonds. The Labute approximate surface area is 59.4 Å². The number of pyridine rings is 1. The van der Waals surface area contributed by atoms with Gasteiger partial charge in [-0.2, -0.15) is 0 Å². The molecule has 1 aromatic rings. The first-order valence-corrected chi connectivity index (χ1v) is 3.02. The third-order valence-corrected chi connectivity index (χ3v) is 1.16. The lowest BCUT2D eigenvalue weighted by atomic mass is 10.4. The highest BCUT2D eigenvalue weighted by Gasteiger charge is 1.86. The van der Waals surface area contributed by atoms with Gasteiger partial charge in [0.1, 0.15) is 0 Å². The van der Waals surface area contributed by atoms with Gasteiger partial charge in [0.2, 0.25) is 0 Å². The number of hydrogen-bond donors (Lipinski definition) is 0. The molecule has 2 heteroatoms. The second kappa shape index (κ2) is 3.01. The van der Waals surface area contributed by atoms with E-state index in [9.17, 15) is 4.79 Å². The van der Waals surface area contributed by atoms with E-state index < -0.39 is 0 Å². The summed E-state index contributed by atoms with van der Waals surface area (Å²) in [6.07, 6.45) is 3.29. The highest BCUT2D eigenvalue weighted by Crippen LogP contribution is 1.79. The van der Waals surface area contributed by atoms with Gasteiger partial charge in [-0.3, -0.25) is 4.79 Å². The highest BCUT2D eigenvalue weighted by molar-refractivity contribution is 4.92. The Kier molecular flexibility index (Phi) is 2.05. The number of aromatic nitrogens is 1. The van der Waals surface area contributed by atoms with Gasteiger partial charge in [0, 0.05) is 18.8 Å². The Hall–Kier alpha value is -1.31. The number of hydrogen-bond acceptors (Lipinski definition) is 1. The molecule has 51 valence electrons. The van der Waals surface area contributed by atoms with Gasteiger partial charge in [0.05, 0.1) is 0 Å². The molecule has 1 radical (unpaired) electrons. The highest BCUT2D eigenvalue weighted by atomic mass is 16.1. The molecule has 0 aliphatic carbocycles. The fraction of sp³-hybridized carbons (Fsp3) is 0.125. The summed E-state index contributed by atoms with van der Waals surface area (Å²) in [5.74, 6) is 0. The van der Waals surface area contributed by atoms with Crippen LogP contribution in [0, 0.1) is 6.07 Å². The van der Waals surface area contributed by atoms with Crippen molar-refractivity contribution in [1.29, 1.82) is 0 Å². The quantitative estimate of drug-likeness (QED) is 0.549. The van der Waals surface area contributed by atoms with Crippen molar-refractivity contribution in [2.24, 2.45) is 0 Å². The molecule has 0 bridgehead atoms.